The van der Waals surface area contributed by atoms with Crippen molar-refractivity contribution in [3.63, 3.8) is 0 Å². The second-order valence-corrected chi connectivity index (χ2v) is 17.4. The standard InChI is InChI=1S/C40H56N2O3/c1-26-12-15-40(35(44)42-19-21-45-22-20-42)17-16-38(6)30(33(40)27(26)2)10-11-32-37(5)24-29(23-28-9-8-18-41-25-28)34(43)36(3,4)31(37)13-14-39(32,38)7/h8-10,18,23,25-27,31-33H,11-17,19-22,24H2,1-7H3/b29-23-/t26-,27+,31-,32+,33-,37-,38+,39+,40-/m0/s1. The molecule has 0 aromatic carbocycles. The molecule has 6 aliphatic rings. The maximum Gasteiger partial charge on any atom is 0.229 e. The molecule has 1 aliphatic heterocycles. The topological polar surface area (TPSA) is 59.5 Å². The Morgan fingerprint density at radius 2 is 1.76 bits per heavy atom. The van der Waals surface area contributed by atoms with E-state index in [1.165, 1.54) is 0 Å². The van der Waals surface area contributed by atoms with Crippen LogP contribution in [-0.4, -0.2) is 47.9 Å². The van der Waals surface area contributed by atoms with E-state index in [4.69, 9.17) is 4.74 Å². The van der Waals surface area contributed by atoms with E-state index in [-0.39, 0.29) is 21.7 Å². The molecule has 1 amide bonds. The van der Waals surface area contributed by atoms with E-state index in [0.717, 1.165) is 75.6 Å². The summed E-state index contributed by atoms with van der Waals surface area (Å²) in [7, 11) is 0. The molecule has 5 nitrogen and oxygen atoms in total. The zero-order valence-corrected chi connectivity index (χ0v) is 29.0. The molecular weight excluding hydrogens is 556 g/mol. The van der Waals surface area contributed by atoms with Crippen LogP contribution in [0.2, 0.25) is 0 Å². The molecule has 2 heterocycles. The monoisotopic (exact) mass is 612 g/mol. The molecule has 5 fully saturated rings. The van der Waals surface area contributed by atoms with Gasteiger partial charge in [-0.25, -0.2) is 0 Å². The average molecular weight is 613 g/mol. The van der Waals surface area contributed by atoms with Crippen LogP contribution >= 0.6 is 0 Å². The summed E-state index contributed by atoms with van der Waals surface area (Å²) in [5.74, 6) is 3.00. The number of aromatic nitrogens is 1. The van der Waals surface area contributed by atoms with Crippen molar-refractivity contribution in [2.24, 2.45) is 56.7 Å². The Morgan fingerprint density at radius 1 is 1.00 bits per heavy atom. The number of ketones is 1. The summed E-state index contributed by atoms with van der Waals surface area (Å²) in [6.07, 6.45) is 16.9. The second kappa shape index (κ2) is 10.6. The number of hydrogen-bond donors (Lipinski definition) is 0. The summed E-state index contributed by atoms with van der Waals surface area (Å²) >= 11 is 0. The summed E-state index contributed by atoms with van der Waals surface area (Å²) in [5.41, 5.74) is 3.12. The number of rotatable bonds is 2. The molecule has 5 heteroatoms. The molecule has 0 spiro atoms. The van der Waals surface area contributed by atoms with Crippen molar-refractivity contribution < 1.29 is 14.3 Å². The molecule has 1 aromatic heterocycles. The molecule has 7 rings (SSSR count). The van der Waals surface area contributed by atoms with Crippen molar-refractivity contribution in [1.82, 2.24) is 9.88 Å². The summed E-state index contributed by atoms with van der Waals surface area (Å²) in [4.78, 5) is 35.2. The minimum absolute atomic E-state index is 0.0210. The number of pyridine rings is 1. The van der Waals surface area contributed by atoms with E-state index < -0.39 is 5.41 Å². The Labute approximate surface area is 271 Å². The first-order valence-corrected chi connectivity index (χ1v) is 18.0. The van der Waals surface area contributed by atoms with E-state index in [1.54, 1.807) is 11.8 Å². The largest absolute Gasteiger partial charge is 0.378 e. The van der Waals surface area contributed by atoms with Crippen LogP contribution in [0.15, 0.2) is 41.7 Å². The van der Waals surface area contributed by atoms with Crippen LogP contribution in [0.4, 0.5) is 0 Å². The fourth-order valence-corrected chi connectivity index (χ4v) is 12.6. The molecule has 0 radical (unpaired) electrons. The van der Waals surface area contributed by atoms with Gasteiger partial charge in [0.1, 0.15) is 0 Å². The summed E-state index contributed by atoms with van der Waals surface area (Å²) in [6.45, 7) is 19.9. The number of allylic oxidation sites excluding steroid dienone is 3. The van der Waals surface area contributed by atoms with Gasteiger partial charge in [0, 0.05) is 30.9 Å². The minimum atomic E-state index is -0.396. The van der Waals surface area contributed by atoms with E-state index in [1.807, 2.05) is 12.3 Å². The van der Waals surface area contributed by atoms with Crippen molar-refractivity contribution >= 4 is 17.8 Å². The van der Waals surface area contributed by atoms with Crippen molar-refractivity contribution in [2.75, 3.05) is 26.3 Å². The minimum Gasteiger partial charge on any atom is -0.378 e. The summed E-state index contributed by atoms with van der Waals surface area (Å²) in [6, 6.07) is 4.02. The van der Waals surface area contributed by atoms with Crippen LogP contribution in [-0.2, 0) is 14.3 Å². The molecule has 4 saturated carbocycles. The predicted molar refractivity (Wildman–Crippen MR) is 179 cm³/mol. The van der Waals surface area contributed by atoms with Crippen molar-refractivity contribution in [1.29, 1.82) is 0 Å². The van der Waals surface area contributed by atoms with E-state index in [0.29, 0.717) is 54.5 Å². The van der Waals surface area contributed by atoms with Crippen molar-refractivity contribution in [2.45, 2.75) is 99.8 Å². The van der Waals surface area contributed by atoms with Gasteiger partial charge in [-0.15, -0.1) is 0 Å². The van der Waals surface area contributed by atoms with Gasteiger partial charge in [0.15, 0.2) is 5.78 Å². The first-order valence-electron chi connectivity index (χ1n) is 18.0. The highest BCUT2D eigenvalue weighted by Crippen LogP contribution is 2.76. The maximum atomic E-state index is 14.6. The molecular formula is C40H56N2O3. The van der Waals surface area contributed by atoms with Gasteiger partial charge in [-0.05, 0) is 120 Å². The number of ether oxygens (including phenoxy) is 1. The van der Waals surface area contributed by atoms with Gasteiger partial charge in [0.2, 0.25) is 5.91 Å². The highest BCUT2D eigenvalue weighted by molar-refractivity contribution is 6.04. The number of nitrogens with zero attached hydrogens (tertiary/aromatic N) is 2. The van der Waals surface area contributed by atoms with Gasteiger partial charge >= 0.3 is 0 Å². The Kier molecular flexibility index (Phi) is 7.40. The number of morpholine rings is 1. The Balaban J connectivity index is 1.30. The van der Waals surface area contributed by atoms with Crippen LogP contribution in [0.5, 0.6) is 0 Å². The molecule has 0 unspecified atom stereocenters. The molecule has 244 valence electrons. The van der Waals surface area contributed by atoms with Gasteiger partial charge in [-0.2, -0.15) is 0 Å². The number of Topliss-reactive ketones (excluding diaryl/α,β-unsaturated/α-hetero) is 1. The lowest BCUT2D eigenvalue weighted by Crippen LogP contribution is -2.66. The highest BCUT2D eigenvalue weighted by atomic mass is 16.5. The summed E-state index contributed by atoms with van der Waals surface area (Å²) < 4.78 is 5.66. The molecule has 0 N–H and O–H groups in total. The number of hydrogen-bond acceptors (Lipinski definition) is 4. The number of carbonyl (C=O) groups is 2. The first-order chi connectivity index (χ1) is 21.3. The molecule has 5 aliphatic carbocycles. The highest BCUT2D eigenvalue weighted by Gasteiger charge is 2.70. The molecule has 9 atom stereocenters. The number of amides is 1. The van der Waals surface area contributed by atoms with Gasteiger partial charge in [-0.3, -0.25) is 14.6 Å². The quantitative estimate of drug-likeness (QED) is 0.250. The Hall–Kier alpha value is -2.27. The molecule has 0 bridgehead atoms. The lowest BCUT2D eigenvalue weighted by Gasteiger charge is -2.71. The Morgan fingerprint density at radius 3 is 2.47 bits per heavy atom. The molecule has 45 heavy (non-hydrogen) atoms. The molecule has 1 saturated heterocycles. The van der Waals surface area contributed by atoms with Crippen LogP contribution < -0.4 is 0 Å². The fourth-order valence-electron chi connectivity index (χ4n) is 12.6. The van der Waals surface area contributed by atoms with Crippen molar-refractivity contribution in [3.8, 4) is 0 Å². The third-order valence-electron chi connectivity index (χ3n) is 15.3. The molecule has 1 aromatic rings. The third kappa shape index (κ3) is 4.30. The van der Waals surface area contributed by atoms with Gasteiger partial charge in [0.25, 0.3) is 0 Å². The van der Waals surface area contributed by atoms with Crippen molar-refractivity contribution in [3.05, 3.63) is 47.3 Å². The first kappa shape index (κ1) is 31.3. The van der Waals surface area contributed by atoms with Gasteiger partial charge < -0.3 is 9.64 Å². The number of fused-ring (bicyclic) bond motifs is 7. The van der Waals surface area contributed by atoms with Gasteiger partial charge in [-0.1, -0.05) is 66.2 Å². The average Bonchev–Trinajstić information content (AvgIpc) is 3.02. The number of carbonyl (C=O) groups excluding carboxylic acids is 2. The Bertz CT molecular complexity index is 1420. The zero-order valence-electron chi connectivity index (χ0n) is 29.0. The summed E-state index contributed by atoms with van der Waals surface area (Å²) in [5, 5.41) is 0. The second-order valence-electron chi connectivity index (χ2n) is 17.4. The SMILES string of the molecule is C[C@H]1[C@H]2C3=CC[C@@H]4[C@@]5(C)C/C(=C/c6cccnc6)C(=O)C(C)(C)[C@@H]5CC[C@@]4(C)[C@]3(C)CC[C@@]2(C(=O)N2CCOCC2)CC[C@@H]1C. The van der Waals surface area contributed by atoms with Crippen LogP contribution in [0.3, 0.4) is 0 Å². The van der Waals surface area contributed by atoms with Gasteiger partial charge in [0.05, 0.1) is 18.6 Å². The van der Waals surface area contributed by atoms with Crippen LogP contribution in [0.25, 0.3) is 6.08 Å². The lowest BCUT2D eigenvalue weighted by atomic mass is 9.33. The zero-order chi connectivity index (χ0) is 32.0. The van der Waals surface area contributed by atoms with Crippen LogP contribution in [0, 0.1) is 56.7 Å². The fraction of sp³-hybridized carbons (Fsp3) is 0.725. The van der Waals surface area contributed by atoms with E-state index >= 15 is 0 Å². The lowest BCUT2D eigenvalue weighted by molar-refractivity contribution is -0.184. The van der Waals surface area contributed by atoms with Crippen LogP contribution in [0.1, 0.15) is 105 Å². The maximum absolute atomic E-state index is 14.6. The third-order valence-corrected chi connectivity index (χ3v) is 15.3. The van der Waals surface area contributed by atoms with E-state index in [9.17, 15) is 9.59 Å². The normalized spacial score (nSPS) is 45.1. The predicted octanol–water partition coefficient (Wildman–Crippen LogP) is 8.16. The van der Waals surface area contributed by atoms with E-state index in [2.05, 4.69) is 76.6 Å². The smallest absolute Gasteiger partial charge is 0.229 e.